The predicted octanol–water partition coefficient (Wildman–Crippen LogP) is 4.79. The van der Waals surface area contributed by atoms with Gasteiger partial charge in [0.1, 0.15) is 5.82 Å². The molecule has 2 aromatic rings. The highest BCUT2D eigenvalue weighted by Gasteiger charge is 2.26. The molecule has 0 spiro atoms. The van der Waals surface area contributed by atoms with Gasteiger partial charge in [-0.05, 0) is 40.3 Å². The highest BCUT2D eigenvalue weighted by Crippen LogP contribution is 2.32. The van der Waals surface area contributed by atoms with Crippen LogP contribution in [-0.2, 0) is 0 Å². The minimum absolute atomic E-state index is 0.158. The highest BCUT2D eigenvalue weighted by atomic mass is 127. The van der Waals surface area contributed by atoms with Crippen LogP contribution in [0.4, 0.5) is 26.3 Å². The maximum absolute atomic E-state index is 13.5. The van der Waals surface area contributed by atoms with E-state index < -0.39 is 46.0 Å². The standard InChI is InChI=1S/C12H3F6I/c13-5-3-4(1-2-6(5)19)7-8(14)10(16)12(18)11(17)9(7)15/h1-3H. The van der Waals surface area contributed by atoms with Crippen LogP contribution >= 0.6 is 22.6 Å². The molecule has 2 aromatic carbocycles. The summed E-state index contributed by atoms with van der Waals surface area (Å²) >= 11 is 1.63. The Morgan fingerprint density at radius 2 is 1.16 bits per heavy atom. The van der Waals surface area contributed by atoms with Gasteiger partial charge in [-0.2, -0.15) is 0 Å². The fourth-order valence-corrected chi connectivity index (χ4v) is 1.85. The van der Waals surface area contributed by atoms with Gasteiger partial charge in [-0.15, -0.1) is 0 Å². The van der Waals surface area contributed by atoms with E-state index in [4.69, 9.17) is 0 Å². The average molecular weight is 388 g/mol. The normalized spacial score (nSPS) is 10.9. The Balaban J connectivity index is 2.79. The first-order chi connectivity index (χ1) is 8.84. The van der Waals surface area contributed by atoms with Crippen LogP contribution in [-0.4, -0.2) is 0 Å². The van der Waals surface area contributed by atoms with Gasteiger partial charge in [-0.25, -0.2) is 26.3 Å². The van der Waals surface area contributed by atoms with E-state index in [0.717, 1.165) is 6.07 Å². The van der Waals surface area contributed by atoms with Crippen molar-refractivity contribution >= 4 is 22.6 Å². The van der Waals surface area contributed by atoms with Crippen molar-refractivity contribution in [1.82, 2.24) is 0 Å². The van der Waals surface area contributed by atoms with Crippen LogP contribution in [0.1, 0.15) is 0 Å². The van der Waals surface area contributed by atoms with Gasteiger partial charge in [0.15, 0.2) is 23.3 Å². The van der Waals surface area contributed by atoms with Crippen molar-refractivity contribution in [3.8, 4) is 11.1 Å². The van der Waals surface area contributed by atoms with Gasteiger partial charge in [-0.1, -0.05) is 6.07 Å². The Hall–Kier alpha value is -1.25. The summed E-state index contributed by atoms with van der Waals surface area (Å²) in [7, 11) is 0. The summed E-state index contributed by atoms with van der Waals surface area (Å²) in [6.07, 6.45) is 0. The van der Waals surface area contributed by atoms with Gasteiger partial charge in [0.25, 0.3) is 0 Å². The molecule has 0 bridgehead atoms. The minimum Gasteiger partial charge on any atom is -0.206 e. The van der Waals surface area contributed by atoms with Crippen molar-refractivity contribution in [1.29, 1.82) is 0 Å². The molecule has 0 heterocycles. The van der Waals surface area contributed by atoms with Crippen LogP contribution in [0.15, 0.2) is 18.2 Å². The molecule has 0 N–H and O–H groups in total. The van der Waals surface area contributed by atoms with E-state index in [-0.39, 0.29) is 3.57 Å². The van der Waals surface area contributed by atoms with Crippen molar-refractivity contribution in [2.45, 2.75) is 0 Å². The van der Waals surface area contributed by atoms with E-state index in [1.807, 2.05) is 0 Å². The van der Waals surface area contributed by atoms with Crippen LogP contribution in [0.3, 0.4) is 0 Å². The monoisotopic (exact) mass is 388 g/mol. The molecule has 0 aromatic heterocycles. The molecule has 0 nitrogen and oxygen atoms in total. The summed E-state index contributed by atoms with van der Waals surface area (Å²) in [4.78, 5) is 0. The molecular weight excluding hydrogens is 385 g/mol. The van der Waals surface area contributed by atoms with Crippen LogP contribution in [0.2, 0.25) is 0 Å². The molecule has 2 rings (SSSR count). The topological polar surface area (TPSA) is 0 Å². The van der Waals surface area contributed by atoms with E-state index in [9.17, 15) is 26.3 Å². The zero-order chi connectivity index (χ0) is 14.3. The molecule has 19 heavy (non-hydrogen) atoms. The summed E-state index contributed by atoms with van der Waals surface area (Å²) in [6.45, 7) is 0. The van der Waals surface area contributed by atoms with Crippen LogP contribution < -0.4 is 0 Å². The lowest BCUT2D eigenvalue weighted by Gasteiger charge is -2.08. The smallest absolute Gasteiger partial charge is 0.200 e. The van der Waals surface area contributed by atoms with Gasteiger partial charge >= 0.3 is 0 Å². The molecule has 0 aliphatic heterocycles. The molecule has 100 valence electrons. The second-order valence-electron chi connectivity index (χ2n) is 3.57. The first-order valence-electron chi connectivity index (χ1n) is 4.81. The van der Waals surface area contributed by atoms with E-state index >= 15 is 0 Å². The van der Waals surface area contributed by atoms with Gasteiger partial charge < -0.3 is 0 Å². The maximum atomic E-state index is 13.5. The number of hydrogen-bond acceptors (Lipinski definition) is 0. The Bertz CT molecular complexity index is 639. The molecular formula is C12H3F6I. The largest absolute Gasteiger partial charge is 0.206 e. The molecule has 0 amide bonds. The SMILES string of the molecule is Fc1cc(-c2c(F)c(F)c(F)c(F)c2F)ccc1I. The maximum Gasteiger partial charge on any atom is 0.200 e. The summed E-state index contributed by atoms with van der Waals surface area (Å²) < 4.78 is 79.3. The third-order valence-corrected chi connectivity index (χ3v) is 3.29. The number of halogens is 7. The lowest BCUT2D eigenvalue weighted by atomic mass is 10.0. The number of benzene rings is 2. The second-order valence-corrected chi connectivity index (χ2v) is 4.74. The first-order valence-corrected chi connectivity index (χ1v) is 5.89. The number of rotatable bonds is 1. The molecule has 0 aliphatic rings. The summed E-state index contributed by atoms with van der Waals surface area (Å²) in [5.74, 6) is -11.2. The Labute approximate surface area is 117 Å². The molecule has 0 saturated heterocycles. The Morgan fingerprint density at radius 3 is 1.63 bits per heavy atom. The summed E-state index contributed by atoms with van der Waals surface area (Å²) in [5.41, 5.74) is -1.57. The van der Waals surface area contributed by atoms with Gasteiger partial charge in [0.05, 0.1) is 5.56 Å². The van der Waals surface area contributed by atoms with Gasteiger partial charge in [0, 0.05) is 3.57 Å². The average Bonchev–Trinajstić information content (AvgIpc) is 2.38. The van der Waals surface area contributed by atoms with E-state index in [1.54, 1.807) is 22.6 Å². The van der Waals surface area contributed by atoms with Gasteiger partial charge in [0.2, 0.25) is 5.82 Å². The van der Waals surface area contributed by atoms with Crippen molar-refractivity contribution in [2.75, 3.05) is 0 Å². The molecule has 0 atom stereocenters. The first kappa shape index (κ1) is 14.2. The Morgan fingerprint density at radius 1 is 0.684 bits per heavy atom. The van der Waals surface area contributed by atoms with Crippen LogP contribution in [0, 0.1) is 38.5 Å². The van der Waals surface area contributed by atoms with E-state index in [0.29, 0.717) is 6.07 Å². The molecule has 0 fully saturated rings. The molecule has 7 heteroatoms. The van der Waals surface area contributed by atoms with Crippen LogP contribution in [0.25, 0.3) is 11.1 Å². The molecule has 0 unspecified atom stereocenters. The van der Waals surface area contributed by atoms with Crippen LogP contribution in [0.5, 0.6) is 0 Å². The lowest BCUT2D eigenvalue weighted by molar-refractivity contribution is 0.381. The van der Waals surface area contributed by atoms with Gasteiger partial charge in [-0.3, -0.25) is 0 Å². The zero-order valence-electron chi connectivity index (χ0n) is 8.88. The van der Waals surface area contributed by atoms with Crippen molar-refractivity contribution in [3.63, 3.8) is 0 Å². The molecule has 0 saturated carbocycles. The Kier molecular flexibility index (Phi) is 3.75. The second kappa shape index (κ2) is 5.03. The zero-order valence-corrected chi connectivity index (χ0v) is 11.0. The van der Waals surface area contributed by atoms with E-state index in [1.165, 1.54) is 6.07 Å². The molecule has 0 radical (unpaired) electrons. The predicted molar refractivity (Wildman–Crippen MR) is 64.3 cm³/mol. The van der Waals surface area contributed by atoms with Crippen molar-refractivity contribution < 1.29 is 26.3 Å². The third kappa shape index (κ3) is 2.31. The summed E-state index contributed by atoms with van der Waals surface area (Å²) in [6, 6.07) is 2.95. The summed E-state index contributed by atoms with van der Waals surface area (Å²) in [5, 5.41) is 0. The van der Waals surface area contributed by atoms with Crippen molar-refractivity contribution in [2.24, 2.45) is 0 Å². The fourth-order valence-electron chi connectivity index (χ4n) is 1.51. The van der Waals surface area contributed by atoms with Crippen molar-refractivity contribution in [3.05, 3.63) is 56.7 Å². The highest BCUT2D eigenvalue weighted by molar-refractivity contribution is 14.1. The lowest BCUT2D eigenvalue weighted by Crippen LogP contribution is -2.04. The molecule has 0 aliphatic carbocycles. The fraction of sp³-hybridized carbons (Fsp3) is 0. The van der Waals surface area contributed by atoms with E-state index in [2.05, 4.69) is 0 Å². The minimum atomic E-state index is -2.25. The quantitative estimate of drug-likeness (QED) is 0.285. The number of hydrogen-bond donors (Lipinski definition) is 0. The third-order valence-electron chi connectivity index (χ3n) is 2.42.